The van der Waals surface area contributed by atoms with Crippen LogP contribution in [0.2, 0.25) is 0 Å². The van der Waals surface area contributed by atoms with E-state index in [1.807, 2.05) is 0 Å². The van der Waals surface area contributed by atoms with Gasteiger partial charge in [0.25, 0.3) is 0 Å². The van der Waals surface area contributed by atoms with Crippen LogP contribution in [0, 0.1) is 0 Å². The predicted octanol–water partition coefficient (Wildman–Crippen LogP) is 0.0793. The van der Waals surface area contributed by atoms with Crippen LogP contribution in [-0.2, 0) is 4.79 Å². The van der Waals surface area contributed by atoms with Gasteiger partial charge in [-0.3, -0.25) is 4.79 Å². The average Bonchev–Trinajstić information content (AvgIpc) is 2.06. The van der Waals surface area contributed by atoms with E-state index >= 15 is 0 Å². The van der Waals surface area contributed by atoms with E-state index in [4.69, 9.17) is 10.8 Å². The Hall–Kier alpha value is -1.29. The number of hydrogen-bond acceptors (Lipinski definition) is 3. The van der Waals surface area contributed by atoms with Gasteiger partial charge in [0.1, 0.15) is 0 Å². The molecule has 0 aromatic carbocycles. The lowest BCUT2D eigenvalue weighted by molar-refractivity contribution is -0.116. The molecule has 0 heterocycles. The lowest BCUT2D eigenvalue weighted by atomic mass is 10.1. The van der Waals surface area contributed by atoms with Crippen LogP contribution < -0.4 is 11.1 Å². The van der Waals surface area contributed by atoms with Crippen molar-refractivity contribution in [2.24, 2.45) is 5.73 Å². The van der Waals surface area contributed by atoms with Crippen molar-refractivity contribution in [3.8, 4) is 0 Å². The number of aliphatic hydroxyl groups excluding tert-OH is 1. The Balaban J connectivity index is 4.46. The number of aliphatic hydroxyl groups is 1. The van der Waals surface area contributed by atoms with Gasteiger partial charge in [-0.1, -0.05) is 0 Å². The first-order chi connectivity index (χ1) is 5.65. The first-order valence-electron chi connectivity index (χ1n) is 3.59. The van der Waals surface area contributed by atoms with E-state index in [0.717, 1.165) is 6.26 Å². The topological polar surface area (TPSA) is 75.3 Å². The van der Waals surface area contributed by atoms with E-state index in [0.29, 0.717) is 11.1 Å². The monoisotopic (exact) mass is 170 g/mol. The molecule has 4 nitrogen and oxygen atoms in total. The number of nitrogens with one attached hydrogen (secondary N) is 1. The number of carbonyl (C=O) groups excluding carboxylic acids is 1. The number of nitrogens with two attached hydrogens (primary N) is 1. The molecule has 0 aromatic heterocycles. The Morgan fingerprint density at radius 3 is 2.58 bits per heavy atom. The largest absolute Gasteiger partial charge is 0.515 e. The van der Waals surface area contributed by atoms with Crippen molar-refractivity contribution in [2.45, 2.75) is 6.92 Å². The zero-order chi connectivity index (χ0) is 9.56. The molecule has 0 spiro atoms. The summed E-state index contributed by atoms with van der Waals surface area (Å²) >= 11 is 0. The molecule has 0 aromatic rings. The normalized spacial score (nSPS) is 12.9. The van der Waals surface area contributed by atoms with E-state index in [2.05, 4.69) is 5.32 Å². The molecular formula is C8H14N2O2. The van der Waals surface area contributed by atoms with Crippen molar-refractivity contribution in [2.75, 3.05) is 13.6 Å². The van der Waals surface area contributed by atoms with E-state index in [1.54, 1.807) is 6.92 Å². The van der Waals surface area contributed by atoms with Crippen LogP contribution in [0.1, 0.15) is 6.92 Å². The predicted molar refractivity (Wildman–Crippen MR) is 47.6 cm³/mol. The Labute approximate surface area is 71.8 Å². The van der Waals surface area contributed by atoms with Gasteiger partial charge in [0, 0.05) is 25.2 Å². The third-order valence-electron chi connectivity index (χ3n) is 1.48. The molecule has 0 saturated carbocycles. The third kappa shape index (κ3) is 3.21. The summed E-state index contributed by atoms with van der Waals surface area (Å²) in [7, 11) is 1.54. The Kier molecular flexibility index (Phi) is 4.79. The molecule has 1 amide bonds. The smallest absolute Gasteiger partial charge is 0.243 e. The highest BCUT2D eigenvalue weighted by Gasteiger charge is 1.99. The number of carbonyl (C=O) groups is 1. The molecule has 68 valence electrons. The van der Waals surface area contributed by atoms with Crippen LogP contribution in [0.25, 0.3) is 0 Å². The highest BCUT2D eigenvalue weighted by molar-refractivity contribution is 5.88. The summed E-state index contributed by atoms with van der Waals surface area (Å²) in [4.78, 5) is 10.8. The lowest BCUT2D eigenvalue weighted by Gasteiger charge is -2.01. The molecule has 0 atom stereocenters. The van der Waals surface area contributed by atoms with Crippen molar-refractivity contribution in [3.05, 3.63) is 23.5 Å². The zero-order valence-electron chi connectivity index (χ0n) is 7.29. The first kappa shape index (κ1) is 10.7. The molecule has 0 aliphatic heterocycles. The van der Waals surface area contributed by atoms with Gasteiger partial charge in [-0.15, -0.1) is 0 Å². The molecule has 0 saturated heterocycles. The van der Waals surface area contributed by atoms with Crippen LogP contribution in [0.5, 0.6) is 0 Å². The van der Waals surface area contributed by atoms with Gasteiger partial charge in [0.05, 0.1) is 6.26 Å². The van der Waals surface area contributed by atoms with Gasteiger partial charge in [-0.05, 0) is 12.5 Å². The number of hydrogen-bond donors (Lipinski definition) is 3. The highest BCUT2D eigenvalue weighted by atomic mass is 16.2. The fourth-order valence-electron chi connectivity index (χ4n) is 0.677. The second kappa shape index (κ2) is 5.37. The molecule has 0 radical (unpaired) electrons. The van der Waals surface area contributed by atoms with Crippen LogP contribution in [0.3, 0.4) is 0 Å². The summed E-state index contributed by atoms with van der Waals surface area (Å²) in [6, 6.07) is 0. The SMILES string of the molecule is CNC(=O)C=C(C)C(=CO)CN. The van der Waals surface area contributed by atoms with Crippen molar-refractivity contribution in [1.29, 1.82) is 0 Å². The Morgan fingerprint density at radius 1 is 1.67 bits per heavy atom. The lowest BCUT2D eigenvalue weighted by Crippen LogP contribution is -2.16. The van der Waals surface area contributed by atoms with Crippen molar-refractivity contribution in [3.63, 3.8) is 0 Å². The molecule has 0 rings (SSSR count). The van der Waals surface area contributed by atoms with E-state index in [-0.39, 0.29) is 12.5 Å². The summed E-state index contributed by atoms with van der Waals surface area (Å²) in [5.74, 6) is -0.208. The molecule has 0 aliphatic rings. The van der Waals surface area contributed by atoms with Crippen molar-refractivity contribution in [1.82, 2.24) is 5.32 Å². The van der Waals surface area contributed by atoms with Crippen molar-refractivity contribution < 1.29 is 9.90 Å². The molecule has 0 fully saturated rings. The van der Waals surface area contributed by atoms with Crippen LogP contribution >= 0.6 is 0 Å². The molecule has 0 bridgehead atoms. The van der Waals surface area contributed by atoms with Crippen molar-refractivity contribution >= 4 is 5.91 Å². The highest BCUT2D eigenvalue weighted by Crippen LogP contribution is 2.05. The van der Waals surface area contributed by atoms with Gasteiger partial charge >= 0.3 is 0 Å². The zero-order valence-corrected chi connectivity index (χ0v) is 7.29. The Morgan fingerprint density at radius 2 is 2.25 bits per heavy atom. The van der Waals surface area contributed by atoms with Gasteiger partial charge < -0.3 is 16.2 Å². The van der Waals surface area contributed by atoms with Crippen LogP contribution in [0.4, 0.5) is 0 Å². The number of likely N-dealkylation sites (N-methyl/N-ethyl adjacent to an activating group) is 1. The van der Waals surface area contributed by atoms with Gasteiger partial charge in [-0.2, -0.15) is 0 Å². The average molecular weight is 170 g/mol. The minimum atomic E-state index is -0.208. The summed E-state index contributed by atoms with van der Waals surface area (Å²) in [6.07, 6.45) is 2.30. The molecular weight excluding hydrogens is 156 g/mol. The first-order valence-corrected chi connectivity index (χ1v) is 3.59. The molecule has 12 heavy (non-hydrogen) atoms. The van der Waals surface area contributed by atoms with E-state index in [9.17, 15) is 4.79 Å². The number of amides is 1. The maximum absolute atomic E-state index is 10.8. The number of rotatable bonds is 3. The molecule has 0 aliphatic carbocycles. The fraction of sp³-hybridized carbons (Fsp3) is 0.375. The summed E-state index contributed by atoms with van der Waals surface area (Å²) in [5, 5.41) is 11.1. The maximum atomic E-state index is 10.8. The van der Waals surface area contributed by atoms with Gasteiger partial charge in [0.2, 0.25) is 5.91 Å². The second-order valence-electron chi connectivity index (χ2n) is 2.30. The fourth-order valence-corrected chi connectivity index (χ4v) is 0.677. The summed E-state index contributed by atoms with van der Waals surface area (Å²) in [6.45, 7) is 1.93. The Bertz CT molecular complexity index is 219. The third-order valence-corrected chi connectivity index (χ3v) is 1.48. The molecule has 4 heteroatoms. The van der Waals surface area contributed by atoms with Crippen LogP contribution in [-0.4, -0.2) is 24.6 Å². The minimum absolute atomic E-state index is 0.208. The molecule has 0 unspecified atom stereocenters. The van der Waals surface area contributed by atoms with Gasteiger partial charge in [0.15, 0.2) is 0 Å². The standard InChI is InChI=1S/C8H14N2O2/c1-6(3-8(12)10-2)7(4-9)5-11/h3,5,11H,4,9H2,1-2H3,(H,10,12). The van der Waals surface area contributed by atoms with E-state index in [1.165, 1.54) is 13.1 Å². The maximum Gasteiger partial charge on any atom is 0.243 e. The second-order valence-corrected chi connectivity index (χ2v) is 2.30. The summed E-state index contributed by atoms with van der Waals surface area (Å²) in [5.41, 5.74) is 6.52. The van der Waals surface area contributed by atoms with E-state index < -0.39 is 0 Å². The quantitative estimate of drug-likeness (QED) is 0.319. The minimum Gasteiger partial charge on any atom is -0.515 e. The van der Waals surface area contributed by atoms with Gasteiger partial charge in [-0.25, -0.2) is 0 Å². The molecule has 4 N–H and O–H groups in total. The summed E-state index contributed by atoms with van der Waals surface area (Å²) < 4.78 is 0. The van der Waals surface area contributed by atoms with Crippen LogP contribution in [0.15, 0.2) is 23.5 Å².